The maximum Gasteiger partial charge on any atom is 0.347 e. The molecule has 3 N–H and O–H groups in total. The molecule has 0 spiro atoms. The quantitative estimate of drug-likeness (QED) is 0.127. The molecule has 0 aromatic heterocycles. The van der Waals surface area contributed by atoms with E-state index in [0.717, 1.165) is 5.56 Å². The van der Waals surface area contributed by atoms with Crippen molar-refractivity contribution in [2.75, 3.05) is 0 Å². The molecule has 44 heavy (non-hydrogen) atoms. The number of aliphatic carboxylic acids is 1. The molecule has 1 amide bonds. The van der Waals surface area contributed by atoms with Gasteiger partial charge in [-0.05, 0) is 48.4 Å². The zero-order valence-corrected chi connectivity index (χ0v) is 23.9. The van der Waals surface area contributed by atoms with Crippen LogP contribution in [0.5, 0.6) is 17.2 Å². The molecule has 10 nitrogen and oxygen atoms in total. The van der Waals surface area contributed by atoms with E-state index in [1.165, 1.54) is 49.4 Å². The first-order valence-corrected chi connectivity index (χ1v) is 13.6. The normalized spacial score (nSPS) is 11.2. The highest BCUT2D eigenvalue weighted by atomic mass is 16.5. The lowest BCUT2D eigenvalue weighted by atomic mass is 9.96. The zero-order chi connectivity index (χ0) is 31.8. The van der Waals surface area contributed by atoms with Crippen LogP contribution in [0.15, 0.2) is 91.0 Å². The van der Waals surface area contributed by atoms with Gasteiger partial charge in [0.25, 0.3) is 5.91 Å². The number of hydrogen-bond donors (Lipinski definition) is 3. The van der Waals surface area contributed by atoms with Crippen LogP contribution in [-0.4, -0.2) is 45.9 Å². The van der Waals surface area contributed by atoms with E-state index in [2.05, 4.69) is 5.32 Å². The molecular weight excluding hydrogens is 566 g/mol. The van der Waals surface area contributed by atoms with Gasteiger partial charge in [0.05, 0.1) is 5.56 Å². The number of esters is 2. The number of nitrogens with one attached hydrogen (secondary N) is 1. The Balaban J connectivity index is 1.66. The van der Waals surface area contributed by atoms with Crippen LogP contribution in [0.1, 0.15) is 54.7 Å². The second-order valence-electron chi connectivity index (χ2n) is 9.92. The van der Waals surface area contributed by atoms with Gasteiger partial charge in [0.2, 0.25) is 0 Å². The van der Waals surface area contributed by atoms with Gasteiger partial charge in [0.15, 0.2) is 5.78 Å². The van der Waals surface area contributed by atoms with Crippen molar-refractivity contribution >= 4 is 29.6 Å². The number of ether oxygens (including phenoxy) is 2. The second-order valence-corrected chi connectivity index (χ2v) is 9.92. The van der Waals surface area contributed by atoms with Crippen LogP contribution in [0.2, 0.25) is 0 Å². The van der Waals surface area contributed by atoms with Gasteiger partial charge < -0.3 is 25.0 Å². The molecule has 4 rings (SSSR count). The Hall–Kier alpha value is -5.77. The minimum atomic E-state index is -1.41. The number of carboxylic acid groups (broad SMARTS) is 1. The number of ketones is 1. The van der Waals surface area contributed by atoms with E-state index < -0.39 is 29.9 Å². The first kappa shape index (κ1) is 31.2. The number of aromatic hydroxyl groups is 1. The predicted molar refractivity (Wildman–Crippen MR) is 159 cm³/mol. The second kappa shape index (κ2) is 13.9. The SMILES string of the molecule is CC(=O)Oc1ccccc1C(=O)Oc1cc(C[C@H](NC(=O)c2ccccc2O)C(=O)O)ccc1CC(=O)c1ccccc1C. The van der Waals surface area contributed by atoms with Gasteiger partial charge in [0, 0.05) is 30.9 Å². The summed E-state index contributed by atoms with van der Waals surface area (Å²) >= 11 is 0. The molecule has 0 heterocycles. The largest absolute Gasteiger partial charge is 0.507 e. The Morgan fingerprint density at radius 1 is 0.773 bits per heavy atom. The summed E-state index contributed by atoms with van der Waals surface area (Å²) in [6, 6.07) is 21.9. The standard InChI is InChI=1S/C34H29NO9/c1-20-9-3-4-10-24(20)29(38)19-23-16-15-22(17-27(33(40)41)35-32(39)25-11-5-7-13-28(25)37)18-31(23)44-34(42)26-12-6-8-14-30(26)43-21(2)36/h3-16,18,27,37H,17,19H2,1-2H3,(H,35,39)(H,40,41)/t27-/m0/s1. The van der Waals surface area contributed by atoms with E-state index >= 15 is 0 Å². The summed E-state index contributed by atoms with van der Waals surface area (Å²) in [5, 5.41) is 22.2. The molecular formula is C34H29NO9. The van der Waals surface area contributed by atoms with Gasteiger partial charge in [-0.25, -0.2) is 9.59 Å². The third-order valence-electron chi connectivity index (χ3n) is 6.68. The molecule has 0 aliphatic heterocycles. The molecule has 4 aromatic carbocycles. The van der Waals surface area contributed by atoms with E-state index in [1.807, 2.05) is 6.07 Å². The van der Waals surface area contributed by atoms with E-state index in [9.17, 15) is 34.2 Å². The van der Waals surface area contributed by atoms with E-state index in [0.29, 0.717) is 16.7 Å². The zero-order valence-electron chi connectivity index (χ0n) is 23.9. The minimum absolute atomic E-state index is 0.0109. The van der Waals surface area contributed by atoms with Gasteiger partial charge >= 0.3 is 17.9 Å². The molecule has 10 heteroatoms. The van der Waals surface area contributed by atoms with E-state index in [4.69, 9.17) is 9.47 Å². The molecule has 0 fully saturated rings. The number of Topliss-reactive ketones (excluding diaryl/α,β-unsaturated/α-hetero) is 1. The number of carbonyl (C=O) groups excluding carboxylic acids is 4. The smallest absolute Gasteiger partial charge is 0.347 e. The number of carboxylic acids is 1. The van der Waals surface area contributed by atoms with Gasteiger partial charge in [-0.15, -0.1) is 0 Å². The molecule has 0 bridgehead atoms. The van der Waals surface area contributed by atoms with Crippen LogP contribution >= 0.6 is 0 Å². The Labute approximate surface area is 252 Å². The average molecular weight is 596 g/mol. The average Bonchev–Trinajstić information content (AvgIpc) is 2.98. The summed E-state index contributed by atoms with van der Waals surface area (Å²) in [5.74, 6) is -4.19. The number of rotatable bonds is 11. The monoisotopic (exact) mass is 595 g/mol. The molecule has 224 valence electrons. The topological polar surface area (TPSA) is 156 Å². The van der Waals surface area contributed by atoms with Crippen LogP contribution in [0.3, 0.4) is 0 Å². The first-order valence-electron chi connectivity index (χ1n) is 13.6. The van der Waals surface area contributed by atoms with Crippen molar-refractivity contribution in [3.05, 3.63) is 124 Å². The number of para-hydroxylation sites is 2. The third-order valence-corrected chi connectivity index (χ3v) is 6.68. The van der Waals surface area contributed by atoms with Gasteiger partial charge in [-0.3, -0.25) is 14.4 Å². The number of carbonyl (C=O) groups is 5. The van der Waals surface area contributed by atoms with Crippen LogP contribution in [-0.2, 0) is 22.4 Å². The van der Waals surface area contributed by atoms with Crippen molar-refractivity contribution in [2.45, 2.75) is 32.7 Å². The summed E-state index contributed by atoms with van der Waals surface area (Å²) in [5.41, 5.74) is 1.86. The molecule has 1 atom stereocenters. The summed E-state index contributed by atoms with van der Waals surface area (Å²) < 4.78 is 10.9. The van der Waals surface area contributed by atoms with Gasteiger partial charge in [0.1, 0.15) is 28.9 Å². The van der Waals surface area contributed by atoms with Crippen molar-refractivity contribution in [3.63, 3.8) is 0 Å². The highest BCUT2D eigenvalue weighted by Gasteiger charge is 2.25. The summed E-state index contributed by atoms with van der Waals surface area (Å²) in [6.07, 6.45) is -0.346. The molecule has 4 aromatic rings. The molecule has 0 saturated heterocycles. The van der Waals surface area contributed by atoms with Crippen LogP contribution < -0.4 is 14.8 Å². The number of benzene rings is 4. The minimum Gasteiger partial charge on any atom is -0.507 e. The van der Waals surface area contributed by atoms with E-state index in [1.54, 1.807) is 49.4 Å². The van der Waals surface area contributed by atoms with Crippen molar-refractivity contribution in [3.8, 4) is 17.2 Å². The van der Waals surface area contributed by atoms with Crippen molar-refractivity contribution < 1.29 is 43.7 Å². The van der Waals surface area contributed by atoms with Crippen LogP contribution in [0, 0.1) is 6.92 Å². The van der Waals surface area contributed by atoms with Crippen LogP contribution in [0.25, 0.3) is 0 Å². The maximum atomic E-state index is 13.3. The lowest BCUT2D eigenvalue weighted by Crippen LogP contribution is -2.42. The summed E-state index contributed by atoms with van der Waals surface area (Å²) in [6.45, 7) is 3.00. The van der Waals surface area contributed by atoms with Gasteiger partial charge in [-0.1, -0.05) is 60.7 Å². The first-order chi connectivity index (χ1) is 21.0. The number of hydrogen-bond acceptors (Lipinski definition) is 8. The van der Waals surface area contributed by atoms with Crippen molar-refractivity contribution in [1.82, 2.24) is 5.32 Å². The lowest BCUT2D eigenvalue weighted by Gasteiger charge is -2.17. The predicted octanol–water partition coefficient (Wildman–Crippen LogP) is 4.70. The van der Waals surface area contributed by atoms with E-state index in [-0.39, 0.29) is 47.0 Å². The number of phenolic OH excluding ortho intramolecular Hbond substituents is 1. The molecule has 0 aliphatic rings. The fraction of sp³-hybridized carbons (Fsp3) is 0.147. The molecule has 0 unspecified atom stereocenters. The Bertz CT molecular complexity index is 1740. The Morgan fingerprint density at radius 3 is 2.07 bits per heavy atom. The highest BCUT2D eigenvalue weighted by Crippen LogP contribution is 2.27. The number of phenols is 1. The number of amides is 1. The molecule has 0 aliphatic carbocycles. The Morgan fingerprint density at radius 2 is 1.41 bits per heavy atom. The van der Waals surface area contributed by atoms with Crippen LogP contribution in [0.4, 0.5) is 0 Å². The highest BCUT2D eigenvalue weighted by molar-refractivity contribution is 6.00. The van der Waals surface area contributed by atoms with Crippen molar-refractivity contribution in [1.29, 1.82) is 0 Å². The Kier molecular flexibility index (Phi) is 9.87. The third kappa shape index (κ3) is 7.74. The van der Waals surface area contributed by atoms with Gasteiger partial charge in [-0.2, -0.15) is 0 Å². The maximum absolute atomic E-state index is 13.3. The fourth-order valence-electron chi connectivity index (χ4n) is 4.49. The summed E-state index contributed by atoms with van der Waals surface area (Å²) in [4.78, 5) is 62.8. The summed E-state index contributed by atoms with van der Waals surface area (Å²) in [7, 11) is 0. The lowest BCUT2D eigenvalue weighted by molar-refractivity contribution is -0.139. The number of aryl methyl sites for hydroxylation is 1. The molecule has 0 radical (unpaired) electrons. The molecule has 0 saturated carbocycles. The fourth-order valence-corrected chi connectivity index (χ4v) is 4.49. The van der Waals surface area contributed by atoms with Crippen molar-refractivity contribution in [2.24, 2.45) is 0 Å².